The van der Waals surface area contributed by atoms with E-state index in [0.717, 1.165) is 12.7 Å². The highest BCUT2D eigenvalue weighted by Gasteiger charge is 1.94. The Morgan fingerprint density at radius 1 is 1.25 bits per heavy atom. The maximum Gasteiger partial charge on any atom is 0.153 e. The molecule has 0 heterocycles. The standard InChI is InChI=1S/C10H14BO/c1-2-9-3-5-10(6-4-9)11-7-8-12/h3-6,12H,2,7-8H2,1H3. The van der Waals surface area contributed by atoms with E-state index in [1.54, 1.807) is 0 Å². The highest BCUT2D eigenvalue weighted by Crippen LogP contribution is 1.96. The van der Waals surface area contributed by atoms with Crippen molar-refractivity contribution in [3.63, 3.8) is 0 Å². The van der Waals surface area contributed by atoms with Gasteiger partial charge in [-0.3, -0.25) is 0 Å². The summed E-state index contributed by atoms with van der Waals surface area (Å²) in [4.78, 5) is 0. The highest BCUT2D eigenvalue weighted by molar-refractivity contribution is 6.53. The Morgan fingerprint density at radius 2 is 1.92 bits per heavy atom. The van der Waals surface area contributed by atoms with Gasteiger partial charge in [-0.25, -0.2) is 0 Å². The summed E-state index contributed by atoms with van der Waals surface area (Å²) in [6.07, 6.45) is 1.83. The van der Waals surface area contributed by atoms with Crippen LogP contribution in [0.5, 0.6) is 0 Å². The van der Waals surface area contributed by atoms with Gasteiger partial charge in [-0.2, -0.15) is 0 Å². The van der Waals surface area contributed by atoms with Gasteiger partial charge in [-0.15, -0.1) is 0 Å². The molecule has 1 aromatic carbocycles. The van der Waals surface area contributed by atoms with E-state index in [2.05, 4.69) is 31.2 Å². The monoisotopic (exact) mass is 161 g/mol. The van der Waals surface area contributed by atoms with Crippen LogP contribution in [0.3, 0.4) is 0 Å². The lowest BCUT2D eigenvalue weighted by Crippen LogP contribution is -2.14. The number of hydrogen-bond donors (Lipinski definition) is 1. The zero-order chi connectivity index (χ0) is 8.81. The smallest absolute Gasteiger partial charge is 0.153 e. The van der Waals surface area contributed by atoms with Gasteiger partial charge >= 0.3 is 0 Å². The number of aryl methyl sites for hydroxylation is 1. The van der Waals surface area contributed by atoms with E-state index in [0.29, 0.717) is 0 Å². The molecule has 0 unspecified atom stereocenters. The second-order valence-corrected chi connectivity index (χ2v) is 2.81. The third kappa shape index (κ3) is 2.70. The van der Waals surface area contributed by atoms with Crippen LogP contribution >= 0.6 is 0 Å². The minimum absolute atomic E-state index is 0.232. The molecule has 0 spiro atoms. The molecule has 0 atom stereocenters. The fourth-order valence-electron chi connectivity index (χ4n) is 1.12. The first-order valence-electron chi connectivity index (χ1n) is 4.40. The summed E-state index contributed by atoms with van der Waals surface area (Å²) >= 11 is 0. The zero-order valence-corrected chi connectivity index (χ0v) is 7.46. The molecule has 1 N–H and O–H groups in total. The van der Waals surface area contributed by atoms with Crippen LogP contribution in [0.4, 0.5) is 0 Å². The highest BCUT2D eigenvalue weighted by atomic mass is 16.2. The Bertz CT molecular complexity index is 218. The van der Waals surface area contributed by atoms with Crippen LogP contribution in [0.2, 0.25) is 6.32 Å². The van der Waals surface area contributed by atoms with Gasteiger partial charge in [0.05, 0.1) is 0 Å². The molecule has 0 bridgehead atoms. The summed E-state index contributed by atoms with van der Waals surface area (Å²) in [6.45, 7) is 2.38. The lowest BCUT2D eigenvalue weighted by atomic mass is 9.67. The fourth-order valence-corrected chi connectivity index (χ4v) is 1.12. The van der Waals surface area contributed by atoms with E-state index >= 15 is 0 Å². The van der Waals surface area contributed by atoms with Gasteiger partial charge in [0.25, 0.3) is 0 Å². The van der Waals surface area contributed by atoms with Crippen molar-refractivity contribution in [2.45, 2.75) is 19.7 Å². The Balaban J connectivity index is 2.53. The third-order valence-electron chi connectivity index (χ3n) is 1.90. The average Bonchev–Trinajstić information content (AvgIpc) is 2.15. The first kappa shape index (κ1) is 9.33. The van der Waals surface area contributed by atoms with Gasteiger partial charge in [-0.05, 0) is 12.0 Å². The van der Waals surface area contributed by atoms with E-state index < -0.39 is 0 Å². The first-order chi connectivity index (χ1) is 5.86. The quantitative estimate of drug-likeness (QED) is 0.652. The summed E-state index contributed by atoms with van der Waals surface area (Å²) in [5.74, 6) is 0. The zero-order valence-electron chi connectivity index (χ0n) is 7.46. The largest absolute Gasteiger partial charge is 0.397 e. The summed E-state index contributed by atoms with van der Waals surface area (Å²) in [5, 5.41) is 8.60. The average molecular weight is 161 g/mol. The molecule has 0 aliphatic rings. The molecule has 0 saturated heterocycles. The van der Waals surface area contributed by atoms with E-state index in [9.17, 15) is 0 Å². The van der Waals surface area contributed by atoms with Crippen LogP contribution in [-0.4, -0.2) is 19.0 Å². The van der Waals surface area contributed by atoms with Crippen molar-refractivity contribution in [2.75, 3.05) is 6.61 Å². The minimum Gasteiger partial charge on any atom is -0.397 e. The summed E-state index contributed by atoms with van der Waals surface area (Å²) in [6, 6.07) is 8.44. The molecule has 0 fully saturated rings. The molecule has 63 valence electrons. The van der Waals surface area contributed by atoms with Crippen LogP contribution in [0, 0.1) is 0 Å². The van der Waals surface area contributed by atoms with Crippen LogP contribution in [0.25, 0.3) is 0 Å². The van der Waals surface area contributed by atoms with Gasteiger partial charge < -0.3 is 5.11 Å². The van der Waals surface area contributed by atoms with Crippen molar-refractivity contribution in [2.24, 2.45) is 0 Å². The molecule has 1 nitrogen and oxygen atoms in total. The Labute approximate surface area is 74.7 Å². The molecule has 2 heteroatoms. The molecular formula is C10H14BO. The third-order valence-corrected chi connectivity index (χ3v) is 1.90. The van der Waals surface area contributed by atoms with Crippen molar-refractivity contribution in [3.05, 3.63) is 29.8 Å². The Kier molecular flexibility index (Phi) is 3.88. The van der Waals surface area contributed by atoms with Crippen LogP contribution < -0.4 is 5.46 Å². The Morgan fingerprint density at radius 3 is 2.42 bits per heavy atom. The van der Waals surface area contributed by atoms with Crippen LogP contribution in [-0.2, 0) is 6.42 Å². The predicted molar refractivity (Wildman–Crippen MR) is 53.1 cm³/mol. The second-order valence-electron chi connectivity index (χ2n) is 2.81. The summed E-state index contributed by atoms with van der Waals surface area (Å²) in [5.41, 5.74) is 2.55. The maximum absolute atomic E-state index is 8.60. The molecule has 12 heavy (non-hydrogen) atoms. The number of benzene rings is 1. The normalized spacial score (nSPS) is 9.83. The van der Waals surface area contributed by atoms with Crippen LogP contribution in [0.1, 0.15) is 12.5 Å². The molecule has 0 aliphatic carbocycles. The van der Waals surface area contributed by atoms with Crippen molar-refractivity contribution in [1.82, 2.24) is 0 Å². The predicted octanol–water partition coefficient (Wildman–Crippen LogP) is 0.989. The van der Waals surface area contributed by atoms with E-state index in [4.69, 9.17) is 5.11 Å². The number of aliphatic hydroxyl groups is 1. The number of rotatable bonds is 4. The van der Waals surface area contributed by atoms with Gasteiger partial charge in [0.1, 0.15) is 0 Å². The maximum atomic E-state index is 8.60. The van der Waals surface area contributed by atoms with Gasteiger partial charge in [0.15, 0.2) is 7.28 Å². The van der Waals surface area contributed by atoms with Crippen molar-refractivity contribution in [3.8, 4) is 0 Å². The summed E-state index contributed by atoms with van der Waals surface area (Å²) in [7, 11) is 2.04. The lowest BCUT2D eigenvalue weighted by molar-refractivity contribution is 0.318. The molecule has 1 rings (SSSR count). The molecule has 1 radical (unpaired) electrons. The topological polar surface area (TPSA) is 20.2 Å². The molecule has 0 amide bonds. The van der Waals surface area contributed by atoms with Gasteiger partial charge in [0.2, 0.25) is 0 Å². The number of aliphatic hydroxyl groups excluding tert-OH is 1. The first-order valence-corrected chi connectivity index (χ1v) is 4.40. The summed E-state index contributed by atoms with van der Waals surface area (Å²) < 4.78 is 0. The molecule has 1 aromatic rings. The van der Waals surface area contributed by atoms with E-state index in [-0.39, 0.29) is 6.61 Å². The van der Waals surface area contributed by atoms with Crippen molar-refractivity contribution >= 4 is 12.7 Å². The minimum atomic E-state index is 0.232. The van der Waals surface area contributed by atoms with Crippen molar-refractivity contribution < 1.29 is 5.11 Å². The lowest BCUT2D eigenvalue weighted by Gasteiger charge is -1.99. The Hall–Kier alpha value is -0.755. The molecule has 0 saturated carbocycles. The second kappa shape index (κ2) is 4.99. The van der Waals surface area contributed by atoms with Crippen LogP contribution in [0.15, 0.2) is 24.3 Å². The molecule has 0 aliphatic heterocycles. The fraction of sp³-hybridized carbons (Fsp3) is 0.400. The van der Waals surface area contributed by atoms with Crippen molar-refractivity contribution in [1.29, 1.82) is 0 Å². The number of hydrogen-bond acceptors (Lipinski definition) is 1. The molecule has 0 aromatic heterocycles. The van der Waals surface area contributed by atoms with E-state index in [1.165, 1.54) is 11.0 Å². The van der Waals surface area contributed by atoms with Gasteiger partial charge in [0, 0.05) is 6.61 Å². The SMILES string of the molecule is CCc1ccc([B]CCO)cc1. The van der Waals surface area contributed by atoms with Gasteiger partial charge in [-0.1, -0.05) is 43.0 Å². The molecular weight excluding hydrogens is 147 g/mol. The van der Waals surface area contributed by atoms with E-state index in [1.807, 2.05) is 7.28 Å².